The molecule has 0 atom stereocenters. The summed E-state index contributed by atoms with van der Waals surface area (Å²) in [7, 11) is -4.19. The van der Waals surface area contributed by atoms with E-state index < -0.39 is 20.2 Å². The van der Waals surface area contributed by atoms with Gasteiger partial charge >= 0.3 is 112 Å². The Balaban J connectivity index is -0.0000000417. The van der Waals surface area contributed by atoms with Crippen molar-refractivity contribution in [1.82, 2.24) is 0 Å². The fraction of sp³-hybridized carbons (Fsp3) is 0. The van der Waals surface area contributed by atoms with E-state index in [1.807, 2.05) is 0 Å². The van der Waals surface area contributed by atoms with Crippen LogP contribution in [0.15, 0.2) is 0 Å². The number of hydrogen-bond acceptors (Lipinski definition) is 4. The minimum atomic E-state index is -4.19. The molecule has 0 fully saturated rings. The van der Waals surface area contributed by atoms with Gasteiger partial charge in [-0.05, 0) is 0 Å². The molecule has 0 bridgehead atoms. The molecule has 50 valence electrons. The maximum absolute atomic E-state index is 9.27. The monoisotopic (exact) mass is 228 g/mol. The van der Waals surface area contributed by atoms with E-state index in [0.717, 1.165) is 0 Å². The van der Waals surface area contributed by atoms with Gasteiger partial charge in [0.15, 0.2) is 11.1 Å². The molecule has 0 aliphatic rings. The first-order valence-electron chi connectivity index (χ1n) is 0.865. The van der Waals surface area contributed by atoms with Crippen molar-refractivity contribution in [2.24, 2.45) is 0 Å². The summed E-state index contributed by atoms with van der Waals surface area (Å²) < 4.78 is 33.5. The summed E-state index contributed by atoms with van der Waals surface area (Å²) >= 11 is -0.590. The van der Waals surface area contributed by atoms with Crippen LogP contribution >= 0.6 is 11.1 Å². The standard InChI is InChI=1S/2K.H2O4S2.H2O.2H/c;;1-5-6(2,3)4;;;/h;;1H,(H,2,3,4);1H2;;. The van der Waals surface area contributed by atoms with Gasteiger partial charge in [0, 0.05) is 0 Å². The predicted octanol–water partition coefficient (Wildman–Crippen LogP) is -2.13. The molecule has 4 N–H and O–H groups in total. The summed E-state index contributed by atoms with van der Waals surface area (Å²) in [6, 6.07) is 0. The zero-order chi connectivity index (χ0) is 5.21. The number of rotatable bonds is 1. The molecule has 0 saturated carbocycles. The van der Waals surface area contributed by atoms with Crippen LogP contribution in [0.2, 0.25) is 0 Å². The van der Waals surface area contributed by atoms with Crippen LogP contribution < -0.4 is 0 Å². The summed E-state index contributed by atoms with van der Waals surface area (Å²) in [4.78, 5) is 0. The van der Waals surface area contributed by atoms with Gasteiger partial charge in [-0.1, -0.05) is 0 Å². The van der Waals surface area contributed by atoms with E-state index in [9.17, 15) is 8.42 Å². The van der Waals surface area contributed by atoms with Gasteiger partial charge in [0.05, 0.1) is 0 Å². The molecule has 0 saturated heterocycles. The second kappa shape index (κ2) is 11.5. The van der Waals surface area contributed by atoms with Gasteiger partial charge in [0.1, 0.15) is 0 Å². The van der Waals surface area contributed by atoms with E-state index in [0.29, 0.717) is 0 Å². The topological polar surface area (TPSA) is 106 Å². The second-order valence-electron chi connectivity index (χ2n) is 0.502. The molecule has 0 aromatic carbocycles. The van der Waals surface area contributed by atoms with Crippen molar-refractivity contribution in [1.29, 1.82) is 0 Å². The minimum absolute atomic E-state index is 0. The Hall–Kier alpha value is 3.45. The molecule has 0 rings (SSSR count). The molecule has 0 amide bonds. The molecule has 0 aromatic heterocycles. The first-order valence-corrected chi connectivity index (χ1v) is 3.60. The van der Waals surface area contributed by atoms with E-state index in [4.69, 9.17) is 9.11 Å². The van der Waals surface area contributed by atoms with E-state index in [1.165, 1.54) is 0 Å². The molecule has 0 aromatic rings. The average molecular weight is 228 g/mol. The molecular formula is H6K2O5S2. The van der Waals surface area contributed by atoms with Crippen molar-refractivity contribution >= 4 is 123 Å². The van der Waals surface area contributed by atoms with Crippen LogP contribution in [0.3, 0.4) is 0 Å². The number of hydrogen-bond donors (Lipinski definition) is 2. The Morgan fingerprint density at radius 3 is 1.33 bits per heavy atom. The first-order chi connectivity index (χ1) is 2.56. The third-order valence-electron chi connectivity index (χ3n) is 0.0942. The van der Waals surface area contributed by atoms with Crippen LogP contribution in [0.25, 0.3) is 0 Å². The third kappa shape index (κ3) is 24.6. The van der Waals surface area contributed by atoms with Crippen LogP contribution in [0.5, 0.6) is 0 Å². The van der Waals surface area contributed by atoms with Crippen LogP contribution in [0.1, 0.15) is 0 Å². The fourth-order valence-electron chi connectivity index (χ4n) is 0. The molecule has 9 heavy (non-hydrogen) atoms. The van der Waals surface area contributed by atoms with Crippen LogP contribution in [-0.4, -0.2) is 126 Å². The van der Waals surface area contributed by atoms with E-state index >= 15 is 0 Å². The van der Waals surface area contributed by atoms with Crippen molar-refractivity contribution in [3.63, 3.8) is 0 Å². The van der Waals surface area contributed by atoms with Crippen molar-refractivity contribution in [3.05, 3.63) is 0 Å². The molecule has 0 heterocycles. The summed E-state index contributed by atoms with van der Waals surface area (Å²) in [5.74, 6) is 0. The van der Waals surface area contributed by atoms with Gasteiger partial charge in [0.2, 0.25) is 0 Å². The van der Waals surface area contributed by atoms with Crippen molar-refractivity contribution in [2.75, 3.05) is 0 Å². The Kier molecular flexibility index (Phi) is 29.1. The summed E-state index contributed by atoms with van der Waals surface area (Å²) in [6.45, 7) is 0. The second-order valence-corrected chi connectivity index (χ2v) is 3.22. The van der Waals surface area contributed by atoms with Gasteiger partial charge in [0.25, 0.3) is 0 Å². The molecule has 9 heteroatoms. The van der Waals surface area contributed by atoms with Gasteiger partial charge in [-0.3, -0.25) is 4.55 Å². The summed E-state index contributed by atoms with van der Waals surface area (Å²) in [5, 5.41) is 0. The molecule has 0 unspecified atom stereocenters. The SMILES string of the molecule is O.O=S(=O)(O)SO.[KH].[KH]. The Bertz CT molecular complexity index is 115. The van der Waals surface area contributed by atoms with Crippen LogP contribution in [0.4, 0.5) is 0 Å². The quantitative estimate of drug-likeness (QED) is 0.231. The van der Waals surface area contributed by atoms with Gasteiger partial charge in [-0.15, -0.1) is 0 Å². The van der Waals surface area contributed by atoms with Crippen LogP contribution in [-0.2, 0) is 9.15 Å². The molecule has 0 aliphatic heterocycles. The van der Waals surface area contributed by atoms with E-state index in [1.54, 1.807) is 0 Å². The van der Waals surface area contributed by atoms with Gasteiger partial charge < -0.3 is 10.0 Å². The Morgan fingerprint density at radius 2 is 1.33 bits per heavy atom. The molecule has 0 radical (unpaired) electrons. The van der Waals surface area contributed by atoms with Gasteiger partial charge in [-0.25, -0.2) is 0 Å². The van der Waals surface area contributed by atoms with E-state index in [2.05, 4.69) is 0 Å². The Labute approximate surface area is 142 Å². The first kappa shape index (κ1) is 22.9. The van der Waals surface area contributed by atoms with E-state index in [-0.39, 0.29) is 108 Å². The normalized spacial score (nSPS) is 7.78. The zero-order valence-electron chi connectivity index (χ0n) is 3.03. The summed E-state index contributed by atoms with van der Waals surface area (Å²) in [5.41, 5.74) is 0. The molecule has 0 spiro atoms. The van der Waals surface area contributed by atoms with Crippen LogP contribution in [0, 0.1) is 0 Å². The molecular weight excluding hydrogens is 222 g/mol. The average Bonchev–Trinajstić information content (AvgIpc) is 1.35. The van der Waals surface area contributed by atoms with Crippen molar-refractivity contribution in [2.45, 2.75) is 0 Å². The van der Waals surface area contributed by atoms with Crippen molar-refractivity contribution < 1.29 is 23.0 Å². The fourth-order valence-corrected chi connectivity index (χ4v) is 0. The van der Waals surface area contributed by atoms with Crippen molar-refractivity contribution in [3.8, 4) is 0 Å². The predicted molar refractivity (Wildman–Crippen MR) is 39.7 cm³/mol. The molecule has 0 aliphatic carbocycles. The summed E-state index contributed by atoms with van der Waals surface area (Å²) in [6.07, 6.45) is 0. The maximum atomic E-state index is 9.27. The van der Waals surface area contributed by atoms with Gasteiger partial charge in [-0.2, -0.15) is 8.42 Å². The zero-order valence-corrected chi connectivity index (χ0v) is 4.66. The molecule has 5 nitrogen and oxygen atoms in total. The third-order valence-corrected chi connectivity index (χ3v) is 0.848. The Morgan fingerprint density at radius 1 is 1.22 bits per heavy atom.